The van der Waals surface area contributed by atoms with Crippen molar-refractivity contribution in [3.8, 4) is 0 Å². The molecule has 0 saturated heterocycles. The molecule has 0 atom stereocenters. The van der Waals surface area contributed by atoms with Gasteiger partial charge in [-0.15, -0.1) is 11.6 Å². The zero-order valence-electron chi connectivity index (χ0n) is 10.4. The number of nitrogens with zero attached hydrogens (tertiary/aromatic N) is 3. The molecule has 0 unspecified atom stereocenters. The Morgan fingerprint density at radius 1 is 1.39 bits per heavy atom. The van der Waals surface area contributed by atoms with E-state index in [1.807, 2.05) is 0 Å². The van der Waals surface area contributed by atoms with E-state index in [1.54, 1.807) is 20.8 Å². The Hall–Kier alpha value is -1.04. The zero-order chi connectivity index (χ0) is 13.9. The molecule has 0 fully saturated rings. The van der Waals surface area contributed by atoms with Crippen molar-refractivity contribution in [1.29, 1.82) is 0 Å². The molecule has 1 aromatic rings. The van der Waals surface area contributed by atoms with Crippen LogP contribution in [0.25, 0.3) is 0 Å². The molecule has 0 radical (unpaired) electrons. The van der Waals surface area contributed by atoms with E-state index in [1.165, 1.54) is 6.20 Å². The second-order valence-electron chi connectivity index (χ2n) is 4.25. The van der Waals surface area contributed by atoms with E-state index in [4.69, 9.17) is 11.6 Å². The van der Waals surface area contributed by atoms with Gasteiger partial charge in [-0.1, -0.05) is 0 Å². The molecule has 0 aliphatic heterocycles. The Bertz CT molecular complexity index is 407. The van der Waals surface area contributed by atoms with Crippen molar-refractivity contribution in [3.63, 3.8) is 0 Å². The second kappa shape index (κ2) is 5.73. The molecule has 0 aromatic carbocycles. The van der Waals surface area contributed by atoms with E-state index >= 15 is 0 Å². The highest BCUT2D eigenvalue weighted by atomic mass is 35.5. The summed E-state index contributed by atoms with van der Waals surface area (Å²) in [6, 6.07) is -0.340. The molecule has 3 nitrogen and oxygen atoms in total. The Kier molecular flexibility index (Phi) is 4.78. The lowest BCUT2D eigenvalue weighted by Crippen LogP contribution is -2.40. The minimum Gasteiger partial charge on any atom is -0.329 e. The number of alkyl halides is 4. The molecule has 7 heteroatoms. The first-order chi connectivity index (χ1) is 8.24. The monoisotopic (exact) mass is 281 g/mol. The van der Waals surface area contributed by atoms with Crippen molar-refractivity contribution in [2.45, 2.75) is 38.9 Å². The summed E-state index contributed by atoms with van der Waals surface area (Å²) in [5.74, 6) is 0.321. The predicted octanol–water partition coefficient (Wildman–Crippen LogP) is 3.30. The standard InChI is InChI=1S/C11H15ClF3N3/c1-7(2)18(6-11(13,14)15)10-16-5-9(4-12)8(3)17-10/h5,7H,4,6H2,1-3H3. The number of aromatic nitrogens is 2. The van der Waals surface area contributed by atoms with Gasteiger partial charge in [0.15, 0.2) is 0 Å². The van der Waals surface area contributed by atoms with Gasteiger partial charge in [0.05, 0.1) is 5.88 Å². The fourth-order valence-electron chi connectivity index (χ4n) is 1.43. The summed E-state index contributed by atoms with van der Waals surface area (Å²) < 4.78 is 37.4. The van der Waals surface area contributed by atoms with Crippen LogP contribution in [-0.2, 0) is 5.88 Å². The molecule has 0 saturated carbocycles. The van der Waals surface area contributed by atoms with Crippen LogP contribution in [0.4, 0.5) is 19.1 Å². The van der Waals surface area contributed by atoms with Crippen molar-refractivity contribution >= 4 is 17.5 Å². The van der Waals surface area contributed by atoms with E-state index in [-0.39, 0.29) is 17.9 Å². The lowest BCUT2D eigenvalue weighted by Gasteiger charge is -2.27. The highest BCUT2D eigenvalue weighted by Crippen LogP contribution is 2.22. The van der Waals surface area contributed by atoms with Gasteiger partial charge in [0.1, 0.15) is 6.54 Å². The van der Waals surface area contributed by atoms with Crippen LogP contribution in [0.2, 0.25) is 0 Å². The van der Waals surface area contributed by atoms with E-state index in [9.17, 15) is 13.2 Å². The quantitative estimate of drug-likeness (QED) is 0.793. The average molecular weight is 282 g/mol. The fourth-order valence-corrected chi connectivity index (χ4v) is 1.69. The first kappa shape index (κ1) is 15.0. The van der Waals surface area contributed by atoms with Gasteiger partial charge >= 0.3 is 6.18 Å². The van der Waals surface area contributed by atoms with Crippen LogP contribution in [0.15, 0.2) is 6.20 Å². The summed E-state index contributed by atoms with van der Waals surface area (Å²) in [5, 5.41) is 0. The SMILES string of the molecule is Cc1nc(N(CC(F)(F)F)C(C)C)ncc1CCl. The van der Waals surface area contributed by atoms with Crippen molar-refractivity contribution in [1.82, 2.24) is 9.97 Å². The molecule has 1 heterocycles. The van der Waals surface area contributed by atoms with Crippen LogP contribution in [0.5, 0.6) is 0 Å². The van der Waals surface area contributed by atoms with Gasteiger partial charge in [-0.2, -0.15) is 13.2 Å². The summed E-state index contributed by atoms with van der Waals surface area (Å²) in [6.45, 7) is 3.97. The number of rotatable bonds is 4. The highest BCUT2D eigenvalue weighted by molar-refractivity contribution is 6.17. The van der Waals surface area contributed by atoms with Crippen molar-refractivity contribution in [3.05, 3.63) is 17.5 Å². The number of hydrogen-bond donors (Lipinski definition) is 0. The molecule has 0 spiro atoms. The maximum absolute atomic E-state index is 12.5. The molecule has 0 bridgehead atoms. The van der Waals surface area contributed by atoms with E-state index in [2.05, 4.69) is 9.97 Å². The molecule has 0 N–H and O–H groups in total. The summed E-state index contributed by atoms with van der Waals surface area (Å²) in [6.07, 6.45) is -2.82. The van der Waals surface area contributed by atoms with Gasteiger partial charge in [0, 0.05) is 23.5 Å². The molecule has 1 aromatic heterocycles. The number of hydrogen-bond acceptors (Lipinski definition) is 3. The molecular formula is C11H15ClF3N3. The Morgan fingerprint density at radius 2 is 2.00 bits per heavy atom. The third-order valence-electron chi connectivity index (χ3n) is 2.44. The predicted molar refractivity (Wildman–Crippen MR) is 64.9 cm³/mol. The third-order valence-corrected chi connectivity index (χ3v) is 2.73. The van der Waals surface area contributed by atoms with Gasteiger partial charge in [0.2, 0.25) is 5.95 Å². The van der Waals surface area contributed by atoms with Crippen LogP contribution >= 0.6 is 11.6 Å². The number of aryl methyl sites for hydroxylation is 1. The van der Waals surface area contributed by atoms with Crippen LogP contribution in [0.3, 0.4) is 0 Å². The lowest BCUT2D eigenvalue weighted by molar-refractivity contribution is -0.120. The van der Waals surface area contributed by atoms with Crippen LogP contribution in [0.1, 0.15) is 25.1 Å². The van der Waals surface area contributed by atoms with Gasteiger partial charge < -0.3 is 4.90 Å². The molecule has 18 heavy (non-hydrogen) atoms. The summed E-state index contributed by atoms with van der Waals surface area (Å²) in [5.41, 5.74) is 1.32. The van der Waals surface area contributed by atoms with E-state index < -0.39 is 12.7 Å². The smallest absolute Gasteiger partial charge is 0.329 e. The molecule has 1 rings (SSSR count). The minimum absolute atomic E-state index is 0.0775. The molecule has 102 valence electrons. The minimum atomic E-state index is -4.29. The summed E-state index contributed by atoms with van der Waals surface area (Å²) in [7, 11) is 0. The maximum Gasteiger partial charge on any atom is 0.406 e. The molecular weight excluding hydrogens is 267 g/mol. The molecule has 0 amide bonds. The van der Waals surface area contributed by atoms with Gasteiger partial charge in [-0.3, -0.25) is 0 Å². The second-order valence-corrected chi connectivity index (χ2v) is 4.52. The Labute approximate surface area is 109 Å². The zero-order valence-corrected chi connectivity index (χ0v) is 11.2. The third kappa shape index (κ3) is 4.01. The number of halogens is 4. The fraction of sp³-hybridized carbons (Fsp3) is 0.636. The summed E-state index contributed by atoms with van der Waals surface area (Å²) in [4.78, 5) is 9.14. The van der Waals surface area contributed by atoms with Crippen molar-refractivity contribution in [2.24, 2.45) is 0 Å². The topological polar surface area (TPSA) is 29.0 Å². The normalized spacial score (nSPS) is 12.0. The largest absolute Gasteiger partial charge is 0.406 e. The molecule has 0 aliphatic carbocycles. The van der Waals surface area contributed by atoms with Gasteiger partial charge in [0.25, 0.3) is 0 Å². The number of anilines is 1. The van der Waals surface area contributed by atoms with E-state index in [0.717, 1.165) is 10.5 Å². The first-order valence-electron chi connectivity index (χ1n) is 5.46. The Balaban J connectivity index is 3.03. The van der Waals surface area contributed by atoms with Crippen LogP contribution in [-0.4, -0.2) is 28.7 Å². The van der Waals surface area contributed by atoms with E-state index in [0.29, 0.717) is 5.69 Å². The average Bonchev–Trinajstić information content (AvgIpc) is 2.24. The van der Waals surface area contributed by atoms with Gasteiger partial charge in [-0.05, 0) is 20.8 Å². The van der Waals surface area contributed by atoms with Crippen LogP contribution < -0.4 is 4.90 Å². The van der Waals surface area contributed by atoms with Gasteiger partial charge in [-0.25, -0.2) is 9.97 Å². The first-order valence-corrected chi connectivity index (χ1v) is 6.00. The molecule has 0 aliphatic rings. The van der Waals surface area contributed by atoms with Crippen molar-refractivity contribution < 1.29 is 13.2 Å². The lowest BCUT2D eigenvalue weighted by atomic mass is 10.3. The van der Waals surface area contributed by atoms with Crippen LogP contribution in [0, 0.1) is 6.92 Å². The Morgan fingerprint density at radius 3 is 2.39 bits per heavy atom. The maximum atomic E-state index is 12.5. The summed E-state index contributed by atoms with van der Waals surface area (Å²) >= 11 is 5.66. The highest BCUT2D eigenvalue weighted by Gasteiger charge is 2.33. The van der Waals surface area contributed by atoms with Crippen molar-refractivity contribution in [2.75, 3.05) is 11.4 Å².